The molecule has 0 radical (unpaired) electrons. The number of hydrogen-bond acceptors (Lipinski definition) is 2. The second kappa shape index (κ2) is 7.40. The Bertz CT molecular complexity index is 955. The molecule has 0 saturated carbocycles. The van der Waals surface area contributed by atoms with E-state index in [2.05, 4.69) is 4.72 Å². The molecule has 0 spiro atoms. The summed E-state index contributed by atoms with van der Waals surface area (Å²) in [4.78, 5) is 0.237. The maximum absolute atomic E-state index is 12.8. The Morgan fingerprint density at radius 2 is 1.48 bits per heavy atom. The average molecular weight is 372 g/mol. The lowest BCUT2D eigenvalue weighted by Crippen LogP contribution is -2.29. The Morgan fingerprint density at radius 1 is 0.840 bits per heavy atom. The molecule has 0 amide bonds. The lowest BCUT2D eigenvalue weighted by Gasteiger charge is -2.20. The van der Waals surface area contributed by atoms with E-state index in [1.807, 2.05) is 49.4 Å². The number of halogens is 1. The highest BCUT2D eigenvalue weighted by atomic mass is 35.5. The van der Waals surface area contributed by atoms with Crippen LogP contribution < -0.4 is 4.72 Å². The van der Waals surface area contributed by atoms with Crippen LogP contribution in [0.2, 0.25) is 5.02 Å². The van der Waals surface area contributed by atoms with Crippen LogP contribution in [0.15, 0.2) is 83.8 Å². The van der Waals surface area contributed by atoms with Gasteiger partial charge in [-0.05, 0) is 42.3 Å². The van der Waals surface area contributed by atoms with Crippen LogP contribution in [0.1, 0.15) is 22.7 Å². The third-order valence-corrected chi connectivity index (χ3v) is 5.59. The van der Waals surface area contributed by atoms with Gasteiger partial charge in [-0.3, -0.25) is 0 Å². The molecule has 0 aliphatic rings. The van der Waals surface area contributed by atoms with E-state index in [1.54, 1.807) is 36.4 Å². The predicted molar refractivity (Wildman–Crippen MR) is 101 cm³/mol. The van der Waals surface area contributed by atoms with Gasteiger partial charge < -0.3 is 0 Å². The standard InChI is InChI=1S/C20H18ClNO2S/c1-15-10-12-19(13-11-15)25(23,24)22-20(16-6-3-2-4-7-16)17-8-5-9-18(21)14-17/h2-14,20,22H,1H3/t20-/m0/s1. The molecule has 0 aliphatic carbocycles. The number of aryl methyl sites for hydroxylation is 1. The average Bonchev–Trinajstić information content (AvgIpc) is 2.61. The molecule has 1 N–H and O–H groups in total. The van der Waals surface area contributed by atoms with Gasteiger partial charge >= 0.3 is 0 Å². The van der Waals surface area contributed by atoms with Crippen LogP contribution in [-0.2, 0) is 10.0 Å². The lowest BCUT2D eigenvalue weighted by molar-refractivity contribution is 0.572. The van der Waals surface area contributed by atoms with Crippen molar-refractivity contribution in [3.8, 4) is 0 Å². The van der Waals surface area contributed by atoms with Crippen molar-refractivity contribution in [2.45, 2.75) is 17.9 Å². The minimum Gasteiger partial charge on any atom is -0.207 e. The molecule has 25 heavy (non-hydrogen) atoms. The molecule has 3 aromatic rings. The molecule has 128 valence electrons. The van der Waals surface area contributed by atoms with Crippen LogP contribution in [0.5, 0.6) is 0 Å². The topological polar surface area (TPSA) is 46.2 Å². The summed E-state index contributed by atoms with van der Waals surface area (Å²) in [6.45, 7) is 1.92. The first kappa shape index (κ1) is 17.7. The first-order valence-electron chi connectivity index (χ1n) is 7.85. The summed E-state index contributed by atoms with van der Waals surface area (Å²) in [5.41, 5.74) is 2.64. The summed E-state index contributed by atoms with van der Waals surface area (Å²) in [5.74, 6) is 0. The second-order valence-corrected chi connectivity index (χ2v) is 7.98. The fraction of sp³-hybridized carbons (Fsp3) is 0.100. The summed E-state index contributed by atoms with van der Waals surface area (Å²) in [6.07, 6.45) is 0. The Kier molecular flexibility index (Phi) is 5.23. The van der Waals surface area contributed by atoms with Crippen molar-refractivity contribution >= 4 is 21.6 Å². The highest BCUT2D eigenvalue weighted by molar-refractivity contribution is 7.89. The predicted octanol–water partition coefficient (Wildman–Crippen LogP) is 4.72. The fourth-order valence-corrected chi connectivity index (χ4v) is 4.01. The first-order chi connectivity index (χ1) is 12.0. The van der Waals surface area contributed by atoms with E-state index in [0.29, 0.717) is 5.02 Å². The lowest BCUT2D eigenvalue weighted by atomic mass is 10.00. The van der Waals surface area contributed by atoms with Gasteiger partial charge in [-0.15, -0.1) is 0 Å². The Labute approximate surface area is 153 Å². The van der Waals surface area contributed by atoms with Crippen LogP contribution in [0.4, 0.5) is 0 Å². The van der Waals surface area contributed by atoms with Gasteiger partial charge in [0, 0.05) is 5.02 Å². The fourth-order valence-electron chi connectivity index (χ4n) is 2.60. The van der Waals surface area contributed by atoms with Crippen molar-refractivity contribution < 1.29 is 8.42 Å². The molecule has 0 bridgehead atoms. The van der Waals surface area contributed by atoms with E-state index in [-0.39, 0.29) is 4.90 Å². The molecule has 0 heterocycles. The van der Waals surface area contributed by atoms with E-state index in [1.165, 1.54) is 0 Å². The SMILES string of the molecule is Cc1ccc(S(=O)(=O)N[C@@H](c2ccccc2)c2cccc(Cl)c2)cc1. The summed E-state index contributed by atoms with van der Waals surface area (Å²) >= 11 is 6.10. The monoisotopic (exact) mass is 371 g/mol. The molecule has 3 aromatic carbocycles. The van der Waals surface area contributed by atoms with E-state index in [0.717, 1.165) is 16.7 Å². The number of rotatable bonds is 5. The van der Waals surface area contributed by atoms with Gasteiger partial charge in [0.1, 0.15) is 0 Å². The normalized spacial score (nSPS) is 12.7. The summed E-state index contributed by atoms with van der Waals surface area (Å²) in [7, 11) is -3.68. The zero-order valence-corrected chi connectivity index (χ0v) is 15.3. The molecule has 3 nitrogen and oxygen atoms in total. The van der Waals surface area contributed by atoms with Crippen LogP contribution >= 0.6 is 11.6 Å². The largest absolute Gasteiger partial charge is 0.241 e. The van der Waals surface area contributed by atoms with Gasteiger partial charge in [-0.1, -0.05) is 71.8 Å². The van der Waals surface area contributed by atoms with Gasteiger partial charge in [0.15, 0.2) is 0 Å². The highest BCUT2D eigenvalue weighted by Crippen LogP contribution is 2.26. The molecule has 5 heteroatoms. The molecule has 0 unspecified atom stereocenters. The molecule has 0 fully saturated rings. The van der Waals surface area contributed by atoms with Gasteiger partial charge in [-0.25, -0.2) is 8.42 Å². The third kappa shape index (κ3) is 4.28. The van der Waals surface area contributed by atoms with Crippen molar-refractivity contribution in [3.63, 3.8) is 0 Å². The van der Waals surface area contributed by atoms with Crippen molar-refractivity contribution in [2.75, 3.05) is 0 Å². The first-order valence-corrected chi connectivity index (χ1v) is 9.71. The maximum Gasteiger partial charge on any atom is 0.241 e. The minimum atomic E-state index is -3.68. The zero-order valence-electron chi connectivity index (χ0n) is 13.7. The van der Waals surface area contributed by atoms with Crippen LogP contribution in [0, 0.1) is 6.92 Å². The molecular formula is C20H18ClNO2S. The highest BCUT2D eigenvalue weighted by Gasteiger charge is 2.23. The molecule has 0 aliphatic heterocycles. The van der Waals surface area contributed by atoms with Gasteiger partial charge in [0.2, 0.25) is 10.0 Å². The number of hydrogen-bond donors (Lipinski definition) is 1. The Hall–Kier alpha value is -2.14. The summed E-state index contributed by atoms with van der Waals surface area (Å²) < 4.78 is 28.5. The van der Waals surface area contributed by atoms with E-state index in [4.69, 9.17) is 11.6 Å². The molecule has 3 rings (SSSR count). The van der Waals surface area contributed by atoms with Crippen LogP contribution in [0.3, 0.4) is 0 Å². The third-order valence-electron chi connectivity index (χ3n) is 3.92. The number of benzene rings is 3. The Morgan fingerprint density at radius 3 is 2.12 bits per heavy atom. The second-order valence-electron chi connectivity index (χ2n) is 5.83. The van der Waals surface area contributed by atoms with Crippen molar-refractivity contribution in [2.24, 2.45) is 0 Å². The maximum atomic E-state index is 12.8. The molecular weight excluding hydrogens is 354 g/mol. The van der Waals surface area contributed by atoms with Crippen LogP contribution in [-0.4, -0.2) is 8.42 Å². The quantitative estimate of drug-likeness (QED) is 0.705. The van der Waals surface area contributed by atoms with Gasteiger partial charge in [-0.2, -0.15) is 4.72 Å². The van der Waals surface area contributed by atoms with Crippen molar-refractivity contribution in [3.05, 3.63) is 101 Å². The summed E-state index contributed by atoms with van der Waals surface area (Å²) in [6, 6.07) is 22.9. The van der Waals surface area contributed by atoms with E-state index < -0.39 is 16.1 Å². The number of nitrogens with one attached hydrogen (secondary N) is 1. The Balaban J connectivity index is 2.02. The minimum absolute atomic E-state index is 0.237. The molecule has 0 saturated heterocycles. The van der Waals surface area contributed by atoms with Gasteiger partial charge in [0.05, 0.1) is 10.9 Å². The van der Waals surface area contributed by atoms with Crippen LogP contribution in [0.25, 0.3) is 0 Å². The number of sulfonamides is 1. The van der Waals surface area contributed by atoms with Crippen molar-refractivity contribution in [1.29, 1.82) is 0 Å². The van der Waals surface area contributed by atoms with E-state index in [9.17, 15) is 8.42 Å². The molecule has 0 aromatic heterocycles. The zero-order chi connectivity index (χ0) is 17.9. The smallest absolute Gasteiger partial charge is 0.207 e. The van der Waals surface area contributed by atoms with E-state index >= 15 is 0 Å². The molecule has 1 atom stereocenters. The summed E-state index contributed by atoms with van der Waals surface area (Å²) in [5, 5.41) is 0.563. The van der Waals surface area contributed by atoms with Crippen molar-refractivity contribution in [1.82, 2.24) is 4.72 Å². The van der Waals surface area contributed by atoms with Gasteiger partial charge in [0.25, 0.3) is 0 Å².